The van der Waals surface area contributed by atoms with Crippen LogP contribution in [-0.2, 0) is 9.53 Å². The van der Waals surface area contributed by atoms with Crippen LogP contribution in [0, 0.1) is 6.92 Å². The molecule has 8 heteroatoms. The van der Waals surface area contributed by atoms with Crippen molar-refractivity contribution in [3.8, 4) is 11.4 Å². The molecule has 0 aliphatic heterocycles. The van der Waals surface area contributed by atoms with E-state index in [4.69, 9.17) is 4.74 Å². The first-order valence-electron chi connectivity index (χ1n) is 9.89. The number of hydrogen-bond acceptors (Lipinski definition) is 6. The molecular weight excluding hydrogens is 394 g/mol. The molecule has 0 aliphatic carbocycles. The van der Waals surface area contributed by atoms with Gasteiger partial charge in [-0.05, 0) is 55.8 Å². The van der Waals surface area contributed by atoms with Gasteiger partial charge in [-0.25, -0.2) is 14.8 Å². The second kappa shape index (κ2) is 8.74. The number of nitrogens with zero attached hydrogens (tertiary/aromatic N) is 3. The summed E-state index contributed by atoms with van der Waals surface area (Å²) in [6, 6.07) is 14.1. The Morgan fingerprint density at radius 2 is 2.00 bits per heavy atom. The lowest BCUT2D eigenvalue weighted by Crippen LogP contribution is -2.32. The molecule has 1 atom stereocenters. The van der Waals surface area contributed by atoms with Crippen LogP contribution in [0.5, 0.6) is 0 Å². The monoisotopic (exact) mass is 415 g/mol. The fourth-order valence-electron chi connectivity index (χ4n) is 3.12. The van der Waals surface area contributed by atoms with Gasteiger partial charge in [0.25, 0.3) is 5.91 Å². The van der Waals surface area contributed by atoms with E-state index in [0.717, 1.165) is 11.3 Å². The molecule has 156 valence electrons. The average molecular weight is 415 g/mol. The van der Waals surface area contributed by atoms with Gasteiger partial charge in [0.1, 0.15) is 11.6 Å². The highest BCUT2D eigenvalue weighted by molar-refractivity contribution is 5.98. The van der Waals surface area contributed by atoms with Crippen LogP contribution in [0.4, 0.5) is 5.82 Å². The van der Waals surface area contributed by atoms with Crippen LogP contribution in [0.25, 0.3) is 22.4 Å². The summed E-state index contributed by atoms with van der Waals surface area (Å²) < 4.78 is 5.47. The number of ether oxygens (including phenoxy) is 1. The Bertz CT molecular complexity index is 1240. The van der Waals surface area contributed by atoms with E-state index < -0.39 is 18.0 Å². The molecule has 4 aromatic rings. The maximum Gasteiger partial charge on any atom is 0.338 e. The Morgan fingerprint density at radius 3 is 2.74 bits per heavy atom. The van der Waals surface area contributed by atoms with Gasteiger partial charge in [-0.15, -0.1) is 0 Å². The Kier molecular flexibility index (Phi) is 5.70. The van der Waals surface area contributed by atoms with Crippen molar-refractivity contribution < 1.29 is 14.3 Å². The zero-order valence-corrected chi connectivity index (χ0v) is 17.1. The summed E-state index contributed by atoms with van der Waals surface area (Å²) in [5.41, 5.74) is 3.35. The largest absolute Gasteiger partial charge is 0.449 e. The van der Waals surface area contributed by atoms with Crippen LogP contribution in [-0.4, -0.2) is 37.9 Å². The van der Waals surface area contributed by atoms with Crippen LogP contribution < -0.4 is 5.32 Å². The van der Waals surface area contributed by atoms with Gasteiger partial charge in [-0.2, -0.15) is 0 Å². The van der Waals surface area contributed by atoms with Crippen molar-refractivity contribution in [1.29, 1.82) is 0 Å². The first-order chi connectivity index (χ1) is 15.0. The second-order valence-corrected chi connectivity index (χ2v) is 7.01. The number of amides is 1. The summed E-state index contributed by atoms with van der Waals surface area (Å²) in [6.07, 6.45) is 2.80. The summed E-state index contributed by atoms with van der Waals surface area (Å²) in [5, 5.41) is 2.69. The summed E-state index contributed by atoms with van der Waals surface area (Å²) in [5.74, 6) is 0.0699. The number of aryl methyl sites for hydroxylation is 1. The van der Waals surface area contributed by atoms with Crippen molar-refractivity contribution >= 4 is 28.7 Å². The summed E-state index contributed by atoms with van der Waals surface area (Å²) in [4.78, 5) is 41.3. The number of nitrogens with one attached hydrogen (secondary N) is 2. The lowest BCUT2D eigenvalue weighted by molar-refractivity contribution is -0.124. The normalized spacial score (nSPS) is 11.8. The fraction of sp³-hybridized carbons (Fsp3) is 0.174. The van der Waals surface area contributed by atoms with Gasteiger partial charge in [0, 0.05) is 23.7 Å². The Hall–Kier alpha value is -4.07. The van der Waals surface area contributed by atoms with Crippen LogP contribution in [0.3, 0.4) is 0 Å². The second-order valence-electron chi connectivity index (χ2n) is 7.01. The molecule has 8 nitrogen and oxygen atoms in total. The van der Waals surface area contributed by atoms with E-state index in [2.05, 4.69) is 25.3 Å². The van der Waals surface area contributed by atoms with E-state index in [1.807, 2.05) is 25.1 Å². The number of imidazole rings is 1. The molecule has 0 fully saturated rings. The maximum atomic E-state index is 12.7. The lowest BCUT2D eigenvalue weighted by Gasteiger charge is -2.16. The van der Waals surface area contributed by atoms with Crippen molar-refractivity contribution in [2.45, 2.75) is 26.4 Å². The molecule has 0 bridgehead atoms. The predicted octanol–water partition coefficient (Wildman–Crippen LogP) is 3.90. The van der Waals surface area contributed by atoms with Crippen molar-refractivity contribution in [2.24, 2.45) is 0 Å². The molecule has 1 aromatic carbocycles. The Balaban J connectivity index is 1.49. The van der Waals surface area contributed by atoms with Gasteiger partial charge >= 0.3 is 5.97 Å². The first-order valence-corrected chi connectivity index (χ1v) is 9.89. The van der Waals surface area contributed by atoms with E-state index in [9.17, 15) is 9.59 Å². The van der Waals surface area contributed by atoms with E-state index in [0.29, 0.717) is 34.7 Å². The van der Waals surface area contributed by atoms with Crippen LogP contribution >= 0.6 is 0 Å². The molecular formula is C23H21N5O3. The molecule has 0 saturated carbocycles. The molecule has 3 aromatic heterocycles. The fourth-order valence-corrected chi connectivity index (χ4v) is 3.12. The SMILES string of the molecule is CCC(OC(=O)c1ccc2nc(-c3cccnc3)[nH]c2c1)C(=O)Nc1cccc(C)n1. The summed E-state index contributed by atoms with van der Waals surface area (Å²) in [6.45, 7) is 3.61. The highest BCUT2D eigenvalue weighted by Gasteiger charge is 2.23. The van der Waals surface area contributed by atoms with Crippen molar-refractivity contribution in [1.82, 2.24) is 19.9 Å². The van der Waals surface area contributed by atoms with Crippen LogP contribution in [0.15, 0.2) is 60.9 Å². The average Bonchev–Trinajstić information content (AvgIpc) is 3.21. The molecule has 0 saturated heterocycles. The van der Waals surface area contributed by atoms with Gasteiger partial charge < -0.3 is 15.0 Å². The third-order valence-electron chi connectivity index (χ3n) is 4.70. The number of aromatic nitrogens is 4. The minimum atomic E-state index is -0.932. The van der Waals surface area contributed by atoms with E-state index >= 15 is 0 Å². The number of carbonyl (C=O) groups excluding carboxylic acids is 2. The molecule has 1 unspecified atom stereocenters. The molecule has 4 rings (SSSR count). The van der Waals surface area contributed by atoms with Crippen molar-refractivity contribution in [2.75, 3.05) is 5.32 Å². The summed E-state index contributed by atoms with van der Waals surface area (Å²) >= 11 is 0. The van der Waals surface area contributed by atoms with Crippen LogP contribution in [0.2, 0.25) is 0 Å². The zero-order valence-electron chi connectivity index (χ0n) is 17.1. The minimum absolute atomic E-state index is 0.328. The predicted molar refractivity (Wildman–Crippen MR) is 116 cm³/mol. The number of aromatic amines is 1. The minimum Gasteiger partial charge on any atom is -0.449 e. The van der Waals surface area contributed by atoms with E-state index in [1.165, 1.54) is 0 Å². The zero-order chi connectivity index (χ0) is 21.8. The molecule has 0 aliphatic rings. The van der Waals surface area contributed by atoms with Crippen molar-refractivity contribution in [3.63, 3.8) is 0 Å². The Labute approximate surface area is 178 Å². The number of rotatable bonds is 6. The van der Waals surface area contributed by atoms with E-state index in [-0.39, 0.29) is 0 Å². The number of esters is 1. The molecule has 0 radical (unpaired) electrons. The molecule has 0 spiro atoms. The third kappa shape index (κ3) is 4.58. The highest BCUT2D eigenvalue weighted by atomic mass is 16.5. The Morgan fingerprint density at radius 1 is 1.13 bits per heavy atom. The molecule has 2 N–H and O–H groups in total. The van der Waals surface area contributed by atoms with Gasteiger partial charge in [0.15, 0.2) is 6.10 Å². The van der Waals surface area contributed by atoms with Gasteiger partial charge in [-0.3, -0.25) is 9.78 Å². The number of carbonyl (C=O) groups is 2. The van der Waals surface area contributed by atoms with Crippen molar-refractivity contribution in [3.05, 3.63) is 72.2 Å². The summed E-state index contributed by atoms with van der Waals surface area (Å²) in [7, 11) is 0. The third-order valence-corrected chi connectivity index (χ3v) is 4.70. The maximum absolute atomic E-state index is 12.7. The van der Waals surface area contributed by atoms with Gasteiger partial charge in [0.2, 0.25) is 0 Å². The molecule has 1 amide bonds. The smallest absolute Gasteiger partial charge is 0.338 e. The van der Waals surface area contributed by atoms with Gasteiger partial charge in [0.05, 0.1) is 16.6 Å². The standard InChI is InChI=1S/C23H21N5O3/c1-3-19(22(29)28-20-8-4-6-14(2)25-20)31-23(30)15-9-10-17-18(12-15)27-21(26-17)16-7-5-11-24-13-16/h4-13,19H,3H2,1-2H3,(H,26,27)(H,25,28,29). The first kappa shape index (κ1) is 20.2. The lowest BCUT2D eigenvalue weighted by atomic mass is 10.2. The topological polar surface area (TPSA) is 110 Å². The molecule has 3 heterocycles. The van der Waals surface area contributed by atoms with Crippen LogP contribution in [0.1, 0.15) is 29.4 Å². The molecule has 31 heavy (non-hydrogen) atoms. The quantitative estimate of drug-likeness (QED) is 0.462. The number of benzene rings is 1. The number of anilines is 1. The van der Waals surface area contributed by atoms with E-state index in [1.54, 1.807) is 49.6 Å². The number of pyridine rings is 2. The number of H-pyrrole nitrogens is 1. The number of hydrogen-bond donors (Lipinski definition) is 2. The number of fused-ring (bicyclic) bond motifs is 1. The highest BCUT2D eigenvalue weighted by Crippen LogP contribution is 2.21. The van der Waals surface area contributed by atoms with Gasteiger partial charge in [-0.1, -0.05) is 13.0 Å².